The standard InChI is InChI=1S/C16H23N3O2S/c1-2-19-7-3-4-13(19)10-18-16(22)17-9-12-5-6-14-15(8-12)21-11-20-14/h5-6,8,13H,2-4,7,9-11H2,1H3,(H2,17,18,22)/t13-/m1/s1. The lowest BCUT2D eigenvalue weighted by Gasteiger charge is -2.23. The van der Waals surface area contributed by atoms with E-state index in [1.807, 2.05) is 18.2 Å². The van der Waals surface area contributed by atoms with E-state index in [1.165, 1.54) is 19.4 Å². The van der Waals surface area contributed by atoms with Gasteiger partial charge < -0.3 is 20.1 Å². The number of rotatable bonds is 5. The lowest BCUT2D eigenvalue weighted by molar-refractivity contribution is 0.174. The summed E-state index contributed by atoms with van der Waals surface area (Å²) < 4.78 is 10.7. The first kappa shape index (κ1) is 15.4. The summed E-state index contributed by atoms with van der Waals surface area (Å²) in [4.78, 5) is 2.51. The van der Waals surface area contributed by atoms with Gasteiger partial charge in [-0.15, -0.1) is 0 Å². The van der Waals surface area contributed by atoms with Crippen LogP contribution < -0.4 is 20.1 Å². The molecule has 0 radical (unpaired) electrons. The van der Waals surface area contributed by atoms with Gasteiger partial charge in [0.25, 0.3) is 0 Å². The molecule has 0 aliphatic carbocycles. The number of ether oxygens (including phenoxy) is 2. The topological polar surface area (TPSA) is 45.8 Å². The molecule has 0 bridgehead atoms. The lowest BCUT2D eigenvalue weighted by atomic mass is 10.2. The molecule has 1 aromatic rings. The molecule has 0 unspecified atom stereocenters. The van der Waals surface area contributed by atoms with E-state index >= 15 is 0 Å². The maximum absolute atomic E-state index is 5.38. The van der Waals surface area contributed by atoms with Gasteiger partial charge in [0.05, 0.1) is 0 Å². The summed E-state index contributed by atoms with van der Waals surface area (Å²) >= 11 is 5.37. The molecule has 0 amide bonds. The number of benzene rings is 1. The SMILES string of the molecule is CCN1CCC[C@@H]1CNC(=S)NCc1ccc2c(c1)OCO2. The van der Waals surface area contributed by atoms with Crippen molar-refractivity contribution in [1.82, 2.24) is 15.5 Å². The maximum Gasteiger partial charge on any atom is 0.231 e. The van der Waals surface area contributed by atoms with Crippen LogP contribution in [0.15, 0.2) is 18.2 Å². The highest BCUT2D eigenvalue weighted by Gasteiger charge is 2.22. The molecule has 0 saturated carbocycles. The van der Waals surface area contributed by atoms with Crippen molar-refractivity contribution in [3.8, 4) is 11.5 Å². The van der Waals surface area contributed by atoms with E-state index in [4.69, 9.17) is 21.7 Å². The molecule has 2 aliphatic heterocycles. The minimum atomic E-state index is 0.307. The van der Waals surface area contributed by atoms with E-state index < -0.39 is 0 Å². The molecule has 3 rings (SSSR count). The third-order valence-electron chi connectivity index (χ3n) is 4.29. The third kappa shape index (κ3) is 3.62. The number of likely N-dealkylation sites (N-methyl/N-ethyl adjacent to an activating group) is 1. The van der Waals surface area contributed by atoms with Crippen molar-refractivity contribution >= 4 is 17.3 Å². The van der Waals surface area contributed by atoms with Crippen LogP contribution in [0.25, 0.3) is 0 Å². The van der Waals surface area contributed by atoms with Crippen molar-refractivity contribution in [2.24, 2.45) is 0 Å². The molecule has 1 atom stereocenters. The summed E-state index contributed by atoms with van der Waals surface area (Å²) in [5.74, 6) is 1.62. The minimum Gasteiger partial charge on any atom is -0.454 e. The Morgan fingerprint density at radius 3 is 3.05 bits per heavy atom. The van der Waals surface area contributed by atoms with Crippen LogP contribution in [0.2, 0.25) is 0 Å². The molecule has 6 heteroatoms. The molecule has 1 fully saturated rings. The molecule has 2 N–H and O–H groups in total. The summed E-state index contributed by atoms with van der Waals surface area (Å²) in [7, 11) is 0. The van der Waals surface area contributed by atoms with Crippen LogP contribution in [0.4, 0.5) is 0 Å². The van der Waals surface area contributed by atoms with Gasteiger partial charge in [-0.2, -0.15) is 0 Å². The molecule has 5 nitrogen and oxygen atoms in total. The largest absolute Gasteiger partial charge is 0.454 e. The minimum absolute atomic E-state index is 0.307. The fourth-order valence-electron chi connectivity index (χ4n) is 3.05. The molecule has 0 spiro atoms. The fourth-order valence-corrected chi connectivity index (χ4v) is 3.20. The second-order valence-electron chi connectivity index (χ2n) is 5.68. The predicted octanol–water partition coefficient (Wildman–Crippen LogP) is 1.86. The van der Waals surface area contributed by atoms with Crippen molar-refractivity contribution in [1.29, 1.82) is 0 Å². The van der Waals surface area contributed by atoms with Crippen LogP contribution in [-0.4, -0.2) is 42.5 Å². The molecule has 1 saturated heterocycles. The highest BCUT2D eigenvalue weighted by Crippen LogP contribution is 2.32. The Labute approximate surface area is 137 Å². The second kappa shape index (κ2) is 7.15. The second-order valence-corrected chi connectivity index (χ2v) is 6.08. The van der Waals surface area contributed by atoms with Crippen LogP contribution in [0.3, 0.4) is 0 Å². The zero-order valence-corrected chi connectivity index (χ0v) is 13.7. The van der Waals surface area contributed by atoms with E-state index in [1.54, 1.807) is 0 Å². The summed E-state index contributed by atoms with van der Waals surface area (Å²) in [5.41, 5.74) is 1.13. The summed E-state index contributed by atoms with van der Waals surface area (Å²) in [6, 6.07) is 6.57. The van der Waals surface area contributed by atoms with E-state index in [0.29, 0.717) is 24.5 Å². The Hall–Kier alpha value is -1.53. The molecule has 22 heavy (non-hydrogen) atoms. The van der Waals surface area contributed by atoms with Crippen molar-refractivity contribution in [2.45, 2.75) is 32.4 Å². The molecule has 1 aromatic carbocycles. The summed E-state index contributed by atoms with van der Waals surface area (Å²) in [6.07, 6.45) is 2.54. The summed E-state index contributed by atoms with van der Waals surface area (Å²) in [5, 5.41) is 7.30. The molecular weight excluding hydrogens is 298 g/mol. The van der Waals surface area contributed by atoms with Crippen molar-refractivity contribution < 1.29 is 9.47 Å². The van der Waals surface area contributed by atoms with Gasteiger partial charge in [-0.1, -0.05) is 13.0 Å². The molecule has 2 heterocycles. The average Bonchev–Trinajstić information content (AvgIpc) is 3.18. The summed E-state index contributed by atoms with van der Waals surface area (Å²) in [6.45, 7) is 6.45. The fraction of sp³-hybridized carbons (Fsp3) is 0.562. The van der Waals surface area contributed by atoms with Gasteiger partial charge in [-0.05, 0) is 55.8 Å². The van der Waals surface area contributed by atoms with E-state index in [0.717, 1.165) is 30.2 Å². The number of nitrogens with zero attached hydrogens (tertiary/aromatic N) is 1. The highest BCUT2D eigenvalue weighted by atomic mass is 32.1. The van der Waals surface area contributed by atoms with Crippen LogP contribution in [0.1, 0.15) is 25.3 Å². The van der Waals surface area contributed by atoms with Gasteiger partial charge >= 0.3 is 0 Å². The number of fused-ring (bicyclic) bond motifs is 1. The van der Waals surface area contributed by atoms with E-state index in [2.05, 4.69) is 22.5 Å². The number of thiocarbonyl (C=S) groups is 1. The normalized spacial score (nSPS) is 20.1. The first-order valence-electron chi connectivity index (χ1n) is 7.90. The number of hydrogen-bond acceptors (Lipinski definition) is 4. The average molecular weight is 321 g/mol. The number of hydrogen-bond donors (Lipinski definition) is 2. The van der Waals surface area contributed by atoms with E-state index in [-0.39, 0.29) is 0 Å². The Kier molecular flexibility index (Phi) is 5.00. The van der Waals surface area contributed by atoms with Crippen molar-refractivity contribution in [2.75, 3.05) is 26.4 Å². The maximum atomic E-state index is 5.38. The van der Waals surface area contributed by atoms with Crippen molar-refractivity contribution in [3.63, 3.8) is 0 Å². The molecule has 2 aliphatic rings. The molecular formula is C16H23N3O2S. The first-order chi connectivity index (χ1) is 10.8. The Morgan fingerprint density at radius 1 is 1.32 bits per heavy atom. The zero-order chi connectivity index (χ0) is 15.4. The van der Waals surface area contributed by atoms with Gasteiger partial charge in [0, 0.05) is 19.1 Å². The van der Waals surface area contributed by atoms with Crippen LogP contribution >= 0.6 is 12.2 Å². The lowest BCUT2D eigenvalue weighted by Crippen LogP contribution is -2.43. The van der Waals surface area contributed by atoms with Crippen molar-refractivity contribution in [3.05, 3.63) is 23.8 Å². The van der Waals surface area contributed by atoms with Gasteiger partial charge in [0.15, 0.2) is 16.6 Å². The Bertz CT molecular complexity index is 538. The monoisotopic (exact) mass is 321 g/mol. The van der Waals surface area contributed by atoms with Crippen LogP contribution in [0.5, 0.6) is 11.5 Å². The molecule has 120 valence electrons. The number of nitrogens with one attached hydrogen (secondary N) is 2. The zero-order valence-electron chi connectivity index (χ0n) is 12.9. The predicted molar refractivity (Wildman–Crippen MR) is 90.3 cm³/mol. The molecule has 0 aromatic heterocycles. The number of likely N-dealkylation sites (tertiary alicyclic amines) is 1. The van der Waals surface area contributed by atoms with Crippen LogP contribution in [0, 0.1) is 0 Å². The quantitative estimate of drug-likeness (QED) is 0.807. The first-order valence-corrected chi connectivity index (χ1v) is 8.31. The van der Waals surface area contributed by atoms with Gasteiger partial charge in [0.2, 0.25) is 6.79 Å². The van der Waals surface area contributed by atoms with Gasteiger partial charge in [0.1, 0.15) is 0 Å². The van der Waals surface area contributed by atoms with E-state index in [9.17, 15) is 0 Å². The van der Waals surface area contributed by atoms with Gasteiger partial charge in [-0.25, -0.2) is 0 Å². The van der Waals surface area contributed by atoms with Crippen LogP contribution in [-0.2, 0) is 6.54 Å². The third-order valence-corrected chi connectivity index (χ3v) is 4.58. The Morgan fingerprint density at radius 2 is 2.18 bits per heavy atom. The smallest absolute Gasteiger partial charge is 0.231 e. The highest BCUT2D eigenvalue weighted by molar-refractivity contribution is 7.80. The Balaban J connectivity index is 1.42. The van der Waals surface area contributed by atoms with Gasteiger partial charge in [-0.3, -0.25) is 4.90 Å².